The van der Waals surface area contributed by atoms with Crippen molar-refractivity contribution >= 4 is 35.8 Å². The predicted octanol–water partition coefficient (Wildman–Crippen LogP) is 2.47. The fourth-order valence-electron chi connectivity index (χ4n) is 2.03. The summed E-state index contributed by atoms with van der Waals surface area (Å²) >= 11 is 0. The van der Waals surface area contributed by atoms with Crippen LogP contribution in [0.2, 0.25) is 0 Å². The number of carbonyl (C=O) groups excluding carboxylic acids is 1. The van der Waals surface area contributed by atoms with E-state index in [1.807, 2.05) is 31.3 Å². The summed E-state index contributed by atoms with van der Waals surface area (Å²) in [6, 6.07) is 7.60. The van der Waals surface area contributed by atoms with Crippen LogP contribution < -0.4 is 10.6 Å². The summed E-state index contributed by atoms with van der Waals surface area (Å²) < 4.78 is 0. The van der Waals surface area contributed by atoms with Gasteiger partial charge in [0.2, 0.25) is 0 Å². The molecule has 0 spiro atoms. The average molecular weight is 418 g/mol. The average Bonchev–Trinajstić information content (AvgIpc) is 2.52. The Labute approximate surface area is 150 Å². The van der Waals surface area contributed by atoms with Crippen LogP contribution in [0.3, 0.4) is 0 Å². The van der Waals surface area contributed by atoms with E-state index in [9.17, 15) is 4.79 Å². The van der Waals surface area contributed by atoms with Crippen molar-refractivity contribution in [3.05, 3.63) is 35.4 Å². The van der Waals surface area contributed by atoms with Gasteiger partial charge in [-0.1, -0.05) is 25.5 Å². The lowest BCUT2D eigenvalue weighted by Crippen LogP contribution is -2.39. The van der Waals surface area contributed by atoms with Gasteiger partial charge in [0, 0.05) is 39.8 Å². The normalized spacial score (nSPS) is 10.6. The molecule has 1 rings (SSSR count). The molecule has 0 radical (unpaired) electrons. The van der Waals surface area contributed by atoms with Crippen molar-refractivity contribution in [3.63, 3.8) is 0 Å². The van der Waals surface area contributed by atoms with Gasteiger partial charge in [-0.25, -0.2) is 0 Å². The Balaban J connectivity index is 0.00000441. The van der Waals surface area contributed by atoms with Crippen molar-refractivity contribution in [2.24, 2.45) is 4.99 Å². The highest BCUT2D eigenvalue weighted by molar-refractivity contribution is 14.0. The zero-order valence-corrected chi connectivity index (χ0v) is 16.2. The number of rotatable bonds is 6. The van der Waals surface area contributed by atoms with Crippen LogP contribution in [0, 0.1) is 0 Å². The molecule has 0 bridgehead atoms. The zero-order chi connectivity index (χ0) is 15.7. The van der Waals surface area contributed by atoms with E-state index in [-0.39, 0.29) is 29.9 Å². The second-order valence-corrected chi connectivity index (χ2v) is 4.96. The number of hydrogen-bond donors (Lipinski definition) is 2. The molecule has 0 aromatic heterocycles. The summed E-state index contributed by atoms with van der Waals surface area (Å²) in [7, 11) is 5.45. The number of carbonyl (C=O) groups is 1. The zero-order valence-electron chi connectivity index (χ0n) is 13.8. The molecular formula is C16H27IN4O. The maximum Gasteiger partial charge on any atom is 0.251 e. The van der Waals surface area contributed by atoms with Gasteiger partial charge in [-0.05, 0) is 24.1 Å². The molecule has 0 aliphatic carbocycles. The number of benzene rings is 1. The van der Waals surface area contributed by atoms with Gasteiger partial charge in [-0.2, -0.15) is 0 Å². The summed E-state index contributed by atoms with van der Waals surface area (Å²) in [5.74, 6) is 0.801. The monoisotopic (exact) mass is 418 g/mol. The van der Waals surface area contributed by atoms with Gasteiger partial charge in [-0.3, -0.25) is 9.79 Å². The molecule has 0 fully saturated rings. The highest BCUT2D eigenvalue weighted by Crippen LogP contribution is 2.05. The summed E-state index contributed by atoms with van der Waals surface area (Å²) in [5, 5.41) is 5.96. The minimum Gasteiger partial charge on any atom is -0.355 e. The van der Waals surface area contributed by atoms with E-state index < -0.39 is 0 Å². The lowest BCUT2D eigenvalue weighted by atomic mass is 10.1. The third-order valence-electron chi connectivity index (χ3n) is 3.29. The van der Waals surface area contributed by atoms with Crippen LogP contribution in [0.25, 0.3) is 0 Å². The van der Waals surface area contributed by atoms with Crippen molar-refractivity contribution in [1.82, 2.24) is 15.5 Å². The molecule has 1 amide bonds. The molecule has 0 unspecified atom stereocenters. The van der Waals surface area contributed by atoms with Crippen LogP contribution in [0.5, 0.6) is 0 Å². The minimum atomic E-state index is -0.0682. The number of halogens is 1. The Morgan fingerprint density at radius 3 is 2.68 bits per heavy atom. The molecule has 1 aromatic rings. The van der Waals surface area contributed by atoms with E-state index in [1.165, 1.54) is 0 Å². The first-order valence-corrected chi connectivity index (χ1v) is 7.35. The first kappa shape index (κ1) is 20.7. The van der Waals surface area contributed by atoms with Crippen LogP contribution >= 0.6 is 24.0 Å². The lowest BCUT2D eigenvalue weighted by molar-refractivity contribution is 0.0963. The molecular weight excluding hydrogens is 391 g/mol. The molecule has 0 saturated carbocycles. The molecule has 2 N–H and O–H groups in total. The van der Waals surface area contributed by atoms with Crippen LogP contribution in [0.4, 0.5) is 0 Å². The van der Waals surface area contributed by atoms with E-state index in [0.717, 1.165) is 30.9 Å². The number of unbranched alkanes of at least 4 members (excludes halogenated alkanes) is 1. The van der Waals surface area contributed by atoms with Crippen molar-refractivity contribution in [2.45, 2.75) is 26.3 Å². The third kappa shape index (κ3) is 6.64. The molecule has 0 aliphatic rings. The largest absolute Gasteiger partial charge is 0.355 e. The van der Waals surface area contributed by atoms with Crippen LogP contribution in [0.1, 0.15) is 35.7 Å². The number of hydrogen-bond acceptors (Lipinski definition) is 2. The predicted molar refractivity (Wildman–Crippen MR) is 103 cm³/mol. The molecule has 0 saturated heterocycles. The van der Waals surface area contributed by atoms with Crippen LogP contribution in [-0.4, -0.2) is 44.5 Å². The van der Waals surface area contributed by atoms with Gasteiger partial charge in [0.25, 0.3) is 5.91 Å². The van der Waals surface area contributed by atoms with Gasteiger partial charge in [0.05, 0.1) is 0 Å². The second-order valence-electron chi connectivity index (χ2n) is 4.96. The molecule has 5 nitrogen and oxygen atoms in total. The number of nitrogens with zero attached hydrogens (tertiary/aromatic N) is 2. The Hall–Kier alpha value is -1.31. The van der Waals surface area contributed by atoms with E-state index in [2.05, 4.69) is 27.4 Å². The molecule has 0 atom stereocenters. The molecule has 124 valence electrons. The Kier molecular flexibility index (Phi) is 10.6. The first-order chi connectivity index (χ1) is 10.1. The van der Waals surface area contributed by atoms with E-state index in [4.69, 9.17) is 0 Å². The molecule has 0 heterocycles. The van der Waals surface area contributed by atoms with Crippen molar-refractivity contribution in [2.75, 3.05) is 27.7 Å². The topological polar surface area (TPSA) is 56.7 Å². The van der Waals surface area contributed by atoms with Crippen molar-refractivity contribution < 1.29 is 4.79 Å². The van der Waals surface area contributed by atoms with Crippen molar-refractivity contribution in [1.29, 1.82) is 0 Å². The van der Waals surface area contributed by atoms with E-state index >= 15 is 0 Å². The van der Waals surface area contributed by atoms with Gasteiger partial charge in [0.1, 0.15) is 0 Å². The molecule has 6 heteroatoms. The third-order valence-corrected chi connectivity index (χ3v) is 3.29. The smallest absolute Gasteiger partial charge is 0.251 e. The summed E-state index contributed by atoms with van der Waals surface area (Å²) in [6.07, 6.45) is 2.30. The SMILES string of the molecule is CCCCN(C)C(=NC)NCc1cccc(C(=O)NC)c1.I. The van der Waals surface area contributed by atoms with Gasteiger partial charge < -0.3 is 15.5 Å². The van der Waals surface area contributed by atoms with Crippen molar-refractivity contribution in [3.8, 4) is 0 Å². The highest BCUT2D eigenvalue weighted by Gasteiger charge is 2.06. The Morgan fingerprint density at radius 1 is 1.36 bits per heavy atom. The summed E-state index contributed by atoms with van der Waals surface area (Å²) in [4.78, 5) is 18.0. The lowest BCUT2D eigenvalue weighted by Gasteiger charge is -2.22. The molecule has 1 aromatic carbocycles. The summed E-state index contributed by atoms with van der Waals surface area (Å²) in [6.45, 7) is 3.80. The maximum absolute atomic E-state index is 11.6. The highest BCUT2D eigenvalue weighted by atomic mass is 127. The maximum atomic E-state index is 11.6. The summed E-state index contributed by atoms with van der Waals surface area (Å²) in [5.41, 5.74) is 1.73. The second kappa shape index (κ2) is 11.3. The quantitative estimate of drug-likeness (QED) is 0.424. The first-order valence-electron chi connectivity index (χ1n) is 7.35. The fourth-order valence-corrected chi connectivity index (χ4v) is 2.03. The van der Waals surface area contributed by atoms with Crippen LogP contribution in [-0.2, 0) is 6.54 Å². The Bertz CT molecular complexity index is 491. The Morgan fingerprint density at radius 2 is 2.09 bits per heavy atom. The van der Waals surface area contributed by atoms with Gasteiger partial charge >= 0.3 is 0 Å². The number of amides is 1. The molecule has 22 heavy (non-hydrogen) atoms. The van der Waals surface area contributed by atoms with Gasteiger partial charge in [0.15, 0.2) is 5.96 Å². The standard InChI is InChI=1S/C16H26N4O.HI/c1-5-6-10-20(4)16(18-3)19-12-13-8-7-9-14(11-13)15(21)17-2;/h7-9,11H,5-6,10,12H2,1-4H3,(H,17,21)(H,18,19);1H. The van der Waals surface area contributed by atoms with E-state index in [1.54, 1.807) is 14.1 Å². The number of guanidine groups is 1. The molecule has 0 aliphatic heterocycles. The number of aliphatic imine (C=N–C) groups is 1. The van der Waals surface area contributed by atoms with Crippen LogP contribution in [0.15, 0.2) is 29.3 Å². The fraction of sp³-hybridized carbons (Fsp3) is 0.500. The minimum absolute atomic E-state index is 0. The number of nitrogens with one attached hydrogen (secondary N) is 2. The van der Waals surface area contributed by atoms with Gasteiger partial charge in [-0.15, -0.1) is 24.0 Å². The van der Waals surface area contributed by atoms with E-state index in [0.29, 0.717) is 12.1 Å².